The van der Waals surface area contributed by atoms with Gasteiger partial charge in [-0.25, -0.2) is 4.39 Å². The van der Waals surface area contributed by atoms with Crippen molar-refractivity contribution in [3.05, 3.63) is 69.9 Å². The second-order valence-electron chi connectivity index (χ2n) is 6.61. The van der Waals surface area contributed by atoms with Gasteiger partial charge in [0.25, 0.3) is 0 Å². The Bertz CT molecular complexity index is 740. The van der Waals surface area contributed by atoms with E-state index < -0.39 is 12.2 Å². The second kappa shape index (κ2) is 10.2. The largest absolute Gasteiger partial charge is 0.356 e. The van der Waals surface area contributed by atoms with Gasteiger partial charge in [0.1, 0.15) is 24.6 Å². The number of rotatable bonds is 8. The predicted octanol–water partition coefficient (Wildman–Crippen LogP) is 4.75. The van der Waals surface area contributed by atoms with Gasteiger partial charge in [-0.05, 0) is 47.7 Å². The maximum atomic E-state index is 13.4. The molecule has 0 aliphatic heterocycles. The molecule has 0 aliphatic rings. The van der Waals surface area contributed by atoms with E-state index in [9.17, 15) is 9.18 Å². The number of hydrogen-bond donors (Lipinski definition) is 1. The summed E-state index contributed by atoms with van der Waals surface area (Å²) in [4.78, 5) is 12.5. The molecule has 1 N–H and O–H groups in total. The van der Waals surface area contributed by atoms with E-state index in [2.05, 4.69) is 21.2 Å². The molecule has 6 heteroatoms. The Morgan fingerprint density at radius 3 is 2.22 bits per heavy atom. The van der Waals surface area contributed by atoms with Gasteiger partial charge in [-0.3, -0.25) is 4.79 Å². The Labute approximate surface area is 167 Å². The third kappa shape index (κ3) is 6.46. The van der Waals surface area contributed by atoms with Crippen molar-refractivity contribution < 1.29 is 13.9 Å². The molecular formula is C21H22BrFN2O2. The summed E-state index contributed by atoms with van der Waals surface area (Å²) in [6, 6.07) is 15.5. The van der Waals surface area contributed by atoms with E-state index in [0.29, 0.717) is 6.42 Å². The topological polar surface area (TPSA) is 62.1 Å². The van der Waals surface area contributed by atoms with E-state index >= 15 is 0 Å². The summed E-state index contributed by atoms with van der Waals surface area (Å²) in [5.74, 6) is -0.435. The van der Waals surface area contributed by atoms with Gasteiger partial charge in [-0.2, -0.15) is 5.26 Å². The lowest BCUT2D eigenvalue weighted by Crippen LogP contribution is -2.38. The van der Waals surface area contributed by atoms with E-state index in [1.54, 1.807) is 12.1 Å². The first kappa shape index (κ1) is 21.1. The van der Waals surface area contributed by atoms with Crippen molar-refractivity contribution in [2.24, 2.45) is 5.92 Å². The third-order valence-corrected chi connectivity index (χ3v) is 4.49. The monoisotopic (exact) mass is 432 g/mol. The lowest BCUT2D eigenvalue weighted by molar-refractivity contribution is -0.136. The molecule has 27 heavy (non-hydrogen) atoms. The van der Waals surface area contributed by atoms with Crippen molar-refractivity contribution in [1.29, 1.82) is 5.26 Å². The summed E-state index contributed by atoms with van der Waals surface area (Å²) >= 11 is 3.41. The van der Waals surface area contributed by atoms with Crippen LogP contribution in [0.5, 0.6) is 0 Å². The fraction of sp³-hybridized carbons (Fsp3) is 0.333. The number of carbonyl (C=O) groups excluding carboxylic acids is 1. The van der Waals surface area contributed by atoms with E-state index in [0.717, 1.165) is 15.6 Å². The highest BCUT2D eigenvalue weighted by Crippen LogP contribution is 2.30. The molecule has 0 bridgehead atoms. The molecular weight excluding hydrogens is 411 g/mol. The van der Waals surface area contributed by atoms with Crippen LogP contribution in [0.4, 0.5) is 4.39 Å². The fourth-order valence-corrected chi connectivity index (χ4v) is 2.95. The smallest absolute Gasteiger partial charge is 0.250 e. The average molecular weight is 433 g/mol. The number of halogens is 2. The molecule has 142 valence electrons. The van der Waals surface area contributed by atoms with Crippen LogP contribution in [0.2, 0.25) is 0 Å². The first-order valence-electron chi connectivity index (χ1n) is 8.71. The van der Waals surface area contributed by atoms with Crippen molar-refractivity contribution in [3.8, 4) is 6.07 Å². The lowest BCUT2D eigenvalue weighted by atomic mass is 9.99. The van der Waals surface area contributed by atoms with E-state index in [1.165, 1.54) is 12.1 Å². The van der Waals surface area contributed by atoms with Gasteiger partial charge in [-0.1, -0.05) is 54.0 Å². The van der Waals surface area contributed by atoms with Gasteiger partial charge in [0.2, 0.25) is 5.91 Å². The van der Waals surface area contributed by atoms with Gasteiger partial charge in [0, 0.05) is 4.47 Å². The Kier molecular flexibility index (Phi) is 7.96. The number of nitrogens with one attached hydrogen (secondary N) is 1. The Hall–Kier alpha value is -2.23. The zero-order chi connectivity index (χ0) is 19.8. The standard InChI is InChI=1S/C21H22BrFN2O2/c1-14(2)13-19(21(26)25-12-11-24)27-20(15-3-7-17(22)8-4-15)16-5-9-18(23)10-6-16/h3-10,14,19-20H,12-13H2,1-2H3,(H,25,26). The number of carbonyl (C=O) groups is 1. The molecule has 2 unspecified atom stereocenters. The van der Waals surface area contributed by atoms with Gasteiger partial charge < -0.3 is 10.1 Å². The number of hydrogen-bond acceptors (Lipinski definition) is 3. The summed E-state index contributed by atoms with van der Waals surface area (Å²) in [6.07, 6.45) is -0.752. The molecule has 0 radical (unpaired) electrons. The number of nitrogens with zero attached hydrogens (tertiary/aromatic N) is 1. The second-order valence-corrected chi connectivity index (χ2v) is 7.53. The van der Waals surface area contributed by atoms with Gasteiger partial charge in [-0.15, -0.1) is 0 Å². The maximum Gasteiger partial charge on any atom is 0.250 e. The van der Waals surface area contributed by atoms with Crippen LogP contribution in [0.25, 0.3) is 0 Å². The molecule has 0 aromatic heterocycles. The molecule has 0 aliphatic carbocycles. The minimum atomic E-state index is -0.725. The average Bonchev–Trinajstić information content (AvgIpc) is 2.64. The summed E-state index contributed by atoms with van der Waals surface area (Å²) in [7, 11) is 0. The van der Waals surface area contributed by atoms with Crippen LogP contribution in [-0.4, -0.2) is 18.6 Å². The first-order chi connectivity index (χ1) is 12.9. The zero-order valence-corrected chi connectivity index (χ0v) is 16.9. The van der Waals surface area contributed by atoms with Gasteiger partial charge in [0.05, 0.1) is 6.07 Å². The minimum Gasteiger partial charge on any atom is -0.356 e. The van der Waals surface area contributed by atoms with Crippen LogP contribution < -0.4 is 5.32 Å². The summed E-state index contributed by atoms with van der Waals surface area (Å²) in [5.41, 5.74) is 1.60. The molecule has 2 atom stereocenters. The molecule has 0 fully saturated rings. The summed E-state index contributed by atoms with van der Waals surface area (Å²) in [5, 5.41) is 11.3. The van der Waals surface area contributed by atoms with Crippen molar-refractivity contribution in [2.75, 3.05) is 6.54 Å². The molecule has 0 heterocycles. The van der Waals surface area contributed by atoms with Crippen LogP contribution in [-0.2, 0) is 9.53 Å². The Morgan fingerprint density at radius 1 is 1.15 bits per heavy atom. The molecule has 0 saturated heterocycles. The summed E-state index contributed by atoms with van der Waals surface area (Å²) < 4.78 is 20.5. The van der Waals surface area contributed by atoms with E-state index in [4.69, 9.17) is 10.00 Å². The van der Waals surface area contributed by atoms with E-state index in [-0.39, 0.29) is 24.2 Å². The number of nitriles is 1. The summed E-state index contributed by atoms with van der Waals surface area (Å²) in [6.45, 7) is 3.93. The maximum absolute atomic E-state index is 13.4. The minimum absolute atomic E-state index is 0.0731. The van der Waals surface area contributed by atoms with Crippen LogP contribution in [0, 0.1) is 23.1 Å². The zero-order valence-electron chi connectivity index (χ0n) is 15.3. The van der Waals surface area contributed by atoms with Crippen LogP contribution in [0.1, 0.15) is 37.5 Å². The molecule has 2 rings (SSSR count). The number of ether oxygens (including phenoxy) is 1. The first-order valence-corrected chi connectivity index (χ1v) is 9.51. The van der Waals surface area contributed by atoms with Gasteiger partial charge >= 0.3 is 0 Å². The molecule has 1 amide bonds. The number of amides is 1. The van der Waals surface area contributed by atoms with E-state index in [1.807, 2.05) is 44.2 Å². The quantitative estimate of drug-likeness (QED) is 0.612. The third-order valence-electron chi connectivity index (χ3n) is 3.97. The fourth-order valence-electron chi connectivity index (χ4n) is 2.68. The Balaban J connectivity index is 2.35. The molecule has 2 aromatic rings. The normalized spacial score (nSPS) is 13.0. The lowest BCUT2D eigenvalue weighted by Gasteiger charge is -2.26. The Morgan fingerprint density at radius 2 is 1.70 bits per heavy atom. The SMILES string of the molecule is CC(C)CC(OC(c1ccc(F)cc1)c1ccc(Br)cc1)C(=O)NCC#N. The van der Waals surface area contributed by atoms with Crippen molar-refractivity contribution in [3.63, 3.8) is 0 Å². The highest BCUT2D eigenvalue weighted by molar-refractivity contribution is 9.10. The number of benzene rings is 2. The molecule has 0 spiro atoms. The van der Waals surface area contributed by atoms with Crippen LogP contribution in [0.3, 0.4) is 0 Å². The van der Waals surface area contributed by atoms with Crippen molar-refractivity contribution in [2.45, 2.75) is 32.5 Å². The van der Waals surface area contributed by atoms with Crippen LogP contribution in [0.15, 0.2) is 53.0 Å². The molecule has 2 aromatic carbocycles. The van der Waals surface area contributed by atoms with Crippen molar-refractivity contribution >= 4 is 21.8 Å². The highest BCUT2D eigenvalue weighted by Gasteiger charge is 2.26. The van der Waals surface area contributed by atoms with Gasteiger partial charge in [0.15, 0.2) is 0 Å². The highest BCUT2D eigenvalue weighted by atomic mass is 79.9. The predicted molar refractivity (Wildman–Crippen MR) is 105 cm³/mol. The van der Waals surface area contributed by atoms with Crippen LogP contribution >= 0.6 is 15.9 Å². The molecule has 4 nitrogen and oxygen atoms in total. The van der Waals surface area contributed by atoms with Crippen molar-refractivity contribution in [1.82, 2.24) is 5.32 Å². The molecule has 0 saturated carbocycles.